The largest absolute Gasteiger partial charge is 0.382 e. The van der Waals surface area contributed by atoms with Gasteiger partial charge in [0.05, 0.1) is 11.4 Å². The average molecular weight is 279 g/mol. The van der Waals surface area contributed by atoms with Gasteiger partial charge in [0, 0.05) is 33.9 Å². The van der Waals surface area contributed by atoms with Crippen LogP contribution in [0.5, 0.6) is 0 Å². The Kier molecular flexibility index (Phi) is 7.46. The van der Waals surface area contributed by atoms with E-state index in [1.54, 1.807) is 0 Å². The molecular formula is C14H25N5O. The van der Waals surface area contributed by atoms with Crippen LogP contribution in [-0.2, 0) is 4.74 Å². The van der Waals surface area contributed by atoms with Gasteiger partial charge < -0.3 is 15.0 Å². The molecule has 0 aliphatic rings. The fourth-order valence-electron chi connectivity index (χ4n) is 1.72. The molecule has 0 fully saturated rings. The Morgan fingerprint density at radius 2 is 2.10 bits per heavy atom. The van der Waals surface area contributed by atoms with Crippen LogP contribution in [0, 0.1) is 0 Å². The number of benzene rings is 1. The third-order valence-electron chi connectivity index (χ3n) is 2.70. The van der Waals surface area contributed by atoms with Gasteiger partial charge in [-0.3, -0.25) is 10.4 Å². The maximum Gasteiger partial charge on any atom is 0.210 e. The Morgan fingerprint density at radius 1 is 1.35 bits per heavy atom. The highest BCUT2D eigenvalue weighted by Gasteiger charge is 2.05. The number of ether oxygens (including phenoxy) is 1. The fourth-order valence-corrected chi connectivity index (χ4v) is 1.72. The van der Waals surface area contributed by atoms with Crippen molar-refractivity contribution in [2.24, 2.45) is 10.8 Å². The number of anilines is 2. The number of guanidine groups is 1. The second-order valence-electron chi connectivity index (χ2n) is 4.46. The van der Waals surface area contributed by atoms with Crippen molar-refractivity contribution in [2.75, 3.05) is 44.1 Å². The zero-order chi connectivity index (χ0) is 14.8. The van der Waals surface area contributed by atoms with Crippen molar-refractivity contribution in [1.82, 2.24) is 5.43 Å². The van der Waals surface area contributed by atoms with Gasteiger partial charge in [0.2, 0.25) is 5.96 Å². The number of nitrogens with one attached hydrogen (secondary N) is 2. The van der Waals surface area contributed by atoms with Crippen LogP contribution >= 0.6 is 0 Å². The third-order valence-corrected chi connectivity index (χ3v) is 2.70. The predicted molar refractivity (Wildman–Crippen MR) is 85.1 cm³/mol. The summed E-state index contributed by atoms with van der Waals surface area (Å²) in [5.74, 6) is 6.05. The first-order valence-corrected chi connectivity index (χ1v) is 6.81. The molecule has 0 spiro atoms. The molecule has 0 saturated heterocycles. The summed E-state index contributed by atoms with van der Waals surface area (Å²) in [5.41, 5.74) is 4.62. The highest BCUT2D eigenvalue weighted by atomic mass is 16.5. The molecule has 0 bridgehead atoms. The molecule has 1 aromatic carbocycles. The first kappa shape index (κ1) is 16.3. The first-order valence-electron chi connectivity index (χ1n) is 6.81. The van der Waals surface area contributed by atoms with Gasteiger partial charge in [-0.1, -0.05) is 12.1 Å². The Bertz CT molecular complexity index is 420. The lowest BCUT2D eigenvalue weighted by atomic mass is 10.2. The molecule has 0 saturated carbocycles. The van der Waals surface area contributed by atoms with E-state index in [0.717, 1.165) is 24.4 Å². The average Bonchev–Trinajstić information content (AvgIpc) is 2.46. The summed E-state index contributed by atoms with van der Waals surface area (Å²) in [4.78, 5) is 6.41. The summed E-state index contributed by atoms with van der Waals surface area (Å²) in [6.45, 7) is 4.10. The number of para-hydroxylation sites is 2. The summed E-state index contributed by atoms with van der Waals surface area (Å²) in [6, 6.07) is 7.99. The van der Waals surface area contributed by atoms with Crippen molar-refractivity contribution in [2.45, 2.75) is 13.3 Å². The summed E-state index contributed by atoms with van der Waals surface area (Å²) in [7, 11) is 3.99. The minimum atomic E-state index is 0.552. The molecule has 0 amide bonds. The fraction of sp³-hybridized carbons (Fsp3) is 0.500. The monoisotopic (exact) mass is 279 g/mol. The molecule has 6 heteroatoms. The maximum absolute atomic E-state index is 5.50. The van der Waals surface area contributed by atoms with E-state index in [1.165, 1.54) is 0 Å². The molecule has 0 unspecified atom stereocenters. The van der Waals surface area contributed by atoms with Gasteiger partial charge in [-0.05, 0) is 25.5 Å². The maximum atomic E-state index is 5.50. The van der Waals surface area contributed by atoms with Crippen molar-refractivity contribution in [3.05, 3.63) is 24.3 Å². The Balaban J connectivity index is 2.61. The van der Waals surface area contributed by atoms with E-state index in [4.69, 9.17) is 10.6 Å². The molecule has 1 rings (SSSR count). The molecule has 112 valence electrons. The highest BCUT2D eigenvalue weighted by molar-refractivity contribution is 5.96. The van der Waals surface area contributed by atoms with E-state index in [1.807, 2.05) is 50.2 Å². The van der Waals surface area contributed by atoms with E-state index < -0.39 is 0 Å². The number of nitrogens with zero attached hydrogens (tertiary/aromatic N) is 2. The molecule has 0 aliphatic carbocycles. The SMILES string of the molecule is CCOCCCN=C(NN)Nc1ccccc1N(C)C. The van der Waals surface area contributed by atoms with Crippen LogP contribution in [0.25, 0.3) is 0 Å². The van der Waals surface area contributed by atoms with Crippen LogP contribution in [0.4, 0.5) is 11.4 Å². The van der Waals surface area contributed by atoms with Crippen molar-refractivity contribution in [3.8, 4) is 0 Å². The van der Waals surface area contributed by atoms with E-state index in [9.17, 15) is 0 Å². The number of hydrogen-bond acceptors (Lipinski definition) is 4. The normalized spacial score (nSPS) is 11.3. The molecule has 6 nitrogen and oxygen atoms in total. The molecule has 20 heavy (non-hydrogen) atoms. The van der Waals surface area contributed by atoms with Crippen LogP contribution in [0.15, 0.2) is 29.3 Å². The number of rotatable bonds is 7. The van der Waals surface area contributed by atoms with Gasteiger partial charge in [0.1, 0.15) is 0 Å². The Hall–Kier alpha value is -1.79. The molecule has 0 aliphatic heterocycles. The molecule has 0 aromatic heterocycles. The number of aliphatic imine (C=N–C) groups is 1. The van der Waals surface area contributed by atoms with E-state index in [0.29, 0.717) is 19.1 Å². The van der Waals surface area contributed by atoms with Crippen LogP contribution in [0.1, 0.15) is 13.3 Å². The number of hydrogen-bond donors (Lipinski definition) is 3. The third kappa shape index (κ3) is 5.46. The van der Waals surface area contributed by atoms with Gasteiger partial charge >= 0.3 is 0 Å². The standard InChI is InChI=1S/C14H25N5O/c1-4-20-11-7-10-16-14(18-15)17-12-8-5-6-9-13(12)19(2)3/h5-6,8-9H,4,7,10-11,15H2,1-3H3,(H2,16,17,18). The molecule has 0 atom stereocenters. The van der Waals surface area contributed by atoms with Gasteiger partial charge in [-0.2, -0.15) is 0 Å². The van der Waals surface area contributed by atoms with Gasteiger partial charge in [-0.15, -0.1) is 0 Å². The van der Waals surface area contributed by atoms with Gasteiger partial charge in [-0.25, -0.2) is 5.84 Å². The second-order valence-corrected chi connectivity index (χ2v) is 4.46. The van der Waals surface area contributed by atoms with E-state index >= 15 is 0 Å². The quantitative estimate of drug-likeness (QED) is 0.231. The Labute approximate surface area is 121 Å². The lowest BCUT2D eigenvalue weighted by Gasteiger charge is -2.18. The number of nitrogens with two attached hydrogens (primary N) is 1. The van der Waals surface area contributed by atoms with E-state index in [-0.39, 0.29) is 0 Å². The lowest BCUT2D eigenvalue weighted by Crippen LogP contribution is -2.36. The molecule has 4 N–H and O–H groups in total. The zero-order valence-corrected chi connectivity index (χ0v) is 12.5. The number of hydrazine groups is 1. The summed E-state index contributed by atoms with van der Waals surface area (Å²) in [5, 5.41) is 3.20. The van der Waals surface area contributed by atoms with Crippen LogP contribution < -0.4 is 21.5 Å². The van der Waals surface area contributed by atoms with Crippen molar-refractivity contribution in [3.63, 3.8) is 0 Å². The molecular weight excluding hydrogens is 254 g/mol. The minimum Gasteiger partial charge on any atom is -0.382 e. The predicted octanol–water partition coefficient (Wildman–Crippen LogP) is 1.41. The van der Waals surface area contributed by atoms with Crippen LogP contribution in [-0.4, -0.2) is 39.8 Å². The van der Waals surface area contributed by atoms with Crippen molar-refractivity contribution >= 4 is 17.3 Å². The van der Waals surface area contributed by atoms with Crippen molar-refractivity contribution in [1.29, 1.82) is 0 Å². The van der Waals surface area contributed by atoms with Crippen LogP contribution in [0.2, 0.25) is 0 Å². The van der Waals surface area contributed by atoms with Crippen LogP contribution in [0.3, 0.4) is 0 Å². The highest BCUT2D eigenvalue weighted by Crippen LogP contribution is 2.23. The van der Waals surface area contributed by atoms with E-state index in [2.05, 4.69) is 15.7 Å². The minimum absolute atomic E-state index is 0.552. The molecule has 1 aromatic rings. The molecule has 0 radical (unpaired) electrons. The molecule has 0 heterocycles. The van der Waals surface area contributed by atoms with Gasteiger partial charge in [0.15, 0.2) is 0 Å². The lowest BCUT2D eigenvalue weighted by molar-refractivity contribution is 0.146. The summed E-state index contributed by atoms with van der Waals surface area (Å²) < 4.78 is 5.27. The smallest absolute Gasteiger partial charge is 0.210 e. The first-order chi connectivity index (χ1) is 9.69. The topological polar surface area (TPSA) is 74.9 Å². The zero-order valence-electron chi connectivity index (χ0n) is 12.5. The van der Waals surface area contributed by atoms with Crippen molar-refractivity contribution < 1.29 is 4.74 Å². The Morgan fingerprint density at radius 3 is 2.75 bits per heavy atom. The summed E-state index contributed by atoms with van der Waals surface area (Å²) >= 11 is 0. The summed E-state index contributed by atoms with van der Waals surface area (Å²) in [6.07, 6.45) is 0.871. The van der Waals surface area contributed by atoms with Gasteiger partial charge in [0.25, 0.3) is 0 Å². The second kappa shape index (κ2) is 9.17.